The van der Waals surface area contributed by atoms with E-state index in [1.807, 2.05) is 7.05 Å². The van der Waals surface area contributed by atoms with E-state index in [2.05, 4.69) is 31.9 Å². The van der Waals surface area contributed by atoms with Gasteiger partial charge in [0.25, 0.3) is 0 Å². The van der Waals surface area contributed by atoms with E-state index < -0.39 is 8.07 Å². The van der Waals surface area contributed by atoms with Crippen molar-refractivity contribution in [3.8, 4) is 0 Å². The Morgan fingerprint density at radius 3 is 2.09 bits per heavy atom. The van der Waals surface area contributed by atoms with Crippen LogP contribution in [0.4, 0.5) is 0 Å². The summed E-state index contributed by atoms with van der Waals surface area (Å²) in [4.78, 5) is 0. The summed E-state index contributed by atoms with van der Waals surface area (Å²) >= 11 is 0. The van der Waals surface area contributed by atoms with E-state index in [0.29, 0.717) is 0 Å². The summed E-state index contributed by atoms with van der Waals surface area (Å²) in [7, 11) is 1.23. The quantitative estimate of drug-likeness (QED) is 0.630. The van der Waals surface area contributed by atoms with Crippen LogP contribution in [-0.2, 0) is 0 Å². The maximum atomic E-state index is 3.26. The van der Waals surface area contributed by atoms with Crippen LogP contribution in [0, 0.1) is 5.92 Å². The largest absolute Gasteiger partial charge is 0.319 e. The zero-order valence-corrected chi connectivity index (χ0v) is 9.70. The van der Waals surface area contributed by atoms with Crippen molar-refractivity contribution in [2.75, 3.05) is 13.6 Å². The Morgan fingerprint density at radius 2 is 1.82 bits per heavy atom. The first-order valence-electron chi connectivity index (χ1n) is 4.64. The van der Waals surface area contributed by atoms with Gasteiger partial charge in [-0.3, -0.25) is 0 Å². The summed E-state index contributed by atoms with van der Waals surface area (Å²) in [6, 6.07) is 1.46. The van der Waals surface area contributed by atoms with E-state index in [4.69, 9.17) is 0 Å². The van der Waals surface area contributed by atoms with Crippen LogP contribution in [0.5, 0.6) is 0 Å². The lowest BCUT2D eigenvalue weighted by Crippen LogP contribution is -2.28. The Morgan fingerprint density at radius 1 is 1.27 bits per heavy atom. The first-order chi connectivity index (χ1) is 4.99. The number of rotatable bonds is 5. The summed E-state index contributed by atoms with van der Waals surface area (Å²) in [5, 5.41) is 3.26. The highest BCUT2D eigenvalue weighted by atomic mass is 28.3. The Balaban J connectivity index is 3.68. The minimum absolute atomic E-state index is 0.819. The summed E-state index contributed by atoms with van der Waals surface area (Å²) in [5.74, 6) is 0.909. The van der Waals surface area contributed by atoms with E-state index in [9.17, 15) is 0 Å². The molecule has 1 unspecified atom stereocenters. The molecule has 0 aromatic carbocycles. The third-order valence-corrected chi connectivity index (χ3v) is 3.77. The van der Waals surface area contributed by atoms with Crippen LogP contribution in [0.2, 0.25) is 25.7 Å². The van der Waals surface area contributed by atoms with Crippen LogP contribution in [0.15, 0.2) is 0 Å². The monoisotopic (exact) mass is 173 g/mol. The van der Waals surface area contributed by atoms with Gasteiger partial charge < -0.3 is 5.32 Å². The smallest absolute Gasteiger partial charge is 0.0445 e. The Bertz CT molecular complexity index is 96.2. The molecule has 1 nitrogen and oxygen atoms in total. The van der Waals surface area contributed by atoms with Gasteiger partial charge in [0.15, 0.2) is 0 Å². The van der Waals surface area contributed by atoms with Crippen LogP contribution in [0.1, 0.15) is 13.3 Å². The van der Waals surface area contributed by atoms with Crippen molar-refractivity contribution in [2.24, 2.45) is 5.92 Å². The third-order valence-electron chi connectivity index (χ3n) is 1.97. The predicted octanol–water partition coefficient (Wildman–Crippen LogP) is 2.57. The van der Waals surface area contributed by atoms with Crippen molar-refractivity contribution < 1.29 is 0 Å². The number of hydrogen-bond donors (Lipinski definition) is 1. The second-order valence-electron chi connectivity index (χ2n) is 4.60. The van der Waals surface area contributed by atoms with Crippen molar-refractivity contribution >= 4 is 8.07 Å². The molecule has 0 aliphatic rings. The first-order valence-corrected chi connectivity index (χ1v) is 8.35. The first kappa shape index (κ1) is 11.2. The topological polar surface area (TPSA) is 12.0 Å². The van der Waals surface area contributed by atoms with Crippen LogP contribution >= 0.6 is 0 Å². The molecule has 1 N–H and O–H groups in total. The van der Waals surface area contributed by atoms with E-state index in [1.54, 1.807) is 0 Å². The summed E-state index contributed by atoms with van der Waals surface area (Å²) < 4.78 is 0. The molecule has 0 radical (unpaired) electrons. The molecule has 0 aliphatic carbocycles. The van der Waals surface area contributed by atoms with Gasteiger partial charge in [0, 0.05) is 8.07 Å². The Kier molecular flexibility index (Phi) is 5.02. The van der Waals surface area contributed by atoms with E-state index in [-0.39, 0.29) is 0 Å². The van der Waals surface area contributed by atoms with Crippen molar-refractivity contribution in [1.29, 1.82) is 0 Å². The number of nitrogens with one attached hydrogen (secondary N) is 1. The molecule has 0 bridgehead atoms. The molecule has 0 spiro atoms. The molecule has 0 saturated heterocycles. The van der Waals surface area contributed by atoms with Gasteiger partial charge in [-0.1, -0.05) is 39.0 Å². The van der Waals surface area contributed by atoms with E-state index in [1.165, 1.54) is 19.0 Å². The molecule has 0 heterocycles. The minimum atomic E-state index is -0.819. The zero-order valence-electron chi connectivity index (χ0n) is 8.70. The molecule has 0 saturated carbocycles. The summed E-state index contributed by atoms with van der Waals surface area (Å²) in [6.45, 7) is 10.8. The van der Waals surface area contributed by atoms with Gasteiger partial charge in [-0.15, -0.1) is 0 Å². The van der Waals surface area contributed by atoms with Gasteiger partial charge in [0.05, 0.1) is 0 Å². The Labute approximate surface area is 72.6 Å². The molecule has 0 aromatic rings. The van der Waals surface area contributed by atoms with Crippen LogP contribution in [0.3, 0.4) is 0 Å². The standard InChI is InChI=1S/C9H23NSi/c1-6-9(7-10-2)8-11(3,4)5/h9-10H,6-8H2,1-5H3. The third kappa shape index (κ3) is 6.57. The SMILES string of the molecule is CCC(CNC)C[Si](C)(C)C. The highest BCUT2D eigenvalue weighted by molar-refractivity contribution is 6.76. The van der Waals surface area contributed by atoms with Gasteiger partial charge >= 0.3 is 0 Å². The van der Waals surface area contributed by atoms with Crippen molar-refractivity contribution in [3.05, 3.63) is 0 Å². The van der Waals surface area contributed by atoms with Gasteiger partial charge in [0.1, 0.15) is 0 Å². The number of hydrogen-bond acceptors (Lipinski definition) is 1. The molecule has 68 valence electrons. The normalized spacial score (nSPS) is 15.0. The van der Waals surface area contributed by atoms with Gasteiger partial charge in [-0.05, 0) is 19.5 Å². The lowest BCUT2D eigenvalue weighted by Gasteiger charge is -2.23. The average Bonchev–Trinajstić information content (AvgIpc) is 1.84. The van der Waals surface area contributed by atoms with Crippen molar-refractivity contribution in [2.45, 2.75) is 39.0 Å². The van der Waals surface area contributed by atoms with E-state index >= 15 is 0 Å². The molecule has 1 atom stereocenters. The van der Waals surface area contributed by atoms with E-state index in [0.717, 1.165) is 5.92 Å². The molecule has 0 aliphatic heterocycles. The molecule has 2 heteroatoms. The fraction of sp³-hybridized carbons (Fsp3) is 1.00. The predicted molar refractivity (Wildman–Crippen MR) is 55.9 cm³/mol. The second kappa shape index (κ2) is 4.94. The molecule has 0 amide bonds. The van der Waals surface area contributed by atoms with Gasteiger partial charge in [0.2, 0.25) is 0 Å². The summed E-state index contributed by atoms with van der Waals surface area (Å²) in [5.41, 5.74) is 0. The molecule has 0 rings (SSSR count). The second-order valence-corrected chi connectivity index (χ2v) is 10.1. The maximum Gasteiger partial charge on any atom is 0.0445 e. The maximum absolute atomic E-state index is 3.26. The molecule has 0 aromatic heterocycles. The van der Waals surface area contributed by atoms with Crippen LogP contribution < -0.4 is 5.32 Å². The summed E-state index contributed by atoms with van der Waals surface area (Å²) in [6.07, 6.45) is 1.32. The van der Waals surface area contributed by atoms with Crippen molar-refractivity contribution in [3.63, 3.8) is 0 Å². The van der Waals surface area contributed by atoms with Crippen molar-refractivity contribution in [1.82, 2.24) is 5.32 Å². The molecule has 11 heavy (non-hydrogen) atoms. The minimum Gasteiger partial charge on any atom is -0.319 e. The fourth-order valence-corrected chi connectivity index (χ4v) is 3.68. The zero-order chi connectivity index (χ0) is 8.91. The molecule has 0 fully saturated rings. The Hall–Kier alpha value is 0.177. The van der Waals surface area contributed by atoms with Crippen LogP contribution in [0.25, 0.3) is 0 Å². The van der Waals surface area contributed by atoms with Gasteiger partial charge in [-0.25, -0.2) is 0 Å². The van der Waals surface area contributed by atoms with Crippen LogP contribution in [-0.4, -0.2) is 21.7 Å². The lowest BCUT2D eigenvalue weighted by molar-refractivity contribution is 0.522. The molecular weight excluding hydrogens is 150 g/mol. The highest BCUT2D eigenvalue weighted by Crippen LogP contribution is 2.18. The highest BCUT2D eigenvalue weighted by Gasteiger charge is 2.18. The lowest BCUT2D eigenvalue weighted by atomic mass is 10.1. The fourth-order valence-electron chi connectivity index (χ4n) is 1.52. The van der Waals surface area contributed by atoms with Gasteiger partial charge in [-0.2, -0.15) is 0 Å². The molecular formula is C9H23NSi. The average molecular weight is 173 g/mol.